The topological polar surface area (TPSA) is 25.2 Å². The quantitative estimate of drug-likeness (QED) is 0.408. The van der Waals surface area contributed by atoms with Gasteiger partial charge in [-0.15, -0.1) is 0 Å². The molecule has 2 saturated carbocycles. The second kappa shape index (κ2) is 11.3. The zero-order valence-corrected chi connectivity index (χ0v) is 21.4. The Bertz CT molecular complexity index is 1060. The molecule has 2 heterocycles. The van der Waals surface area contributed by atoms with Crippen LogP contribution >= 0.6 is 0 Å². The maximum Gasteiger partial charge on any atom is 0.226 e. The Kier molecular flexibility index (Phi) is 8.13. The fourth-order valence-corrected chi connectivity index (χ4v) is 6.23. The van der Waals surface area contributed by atoms with Crippen molar-refractivity contribution in [2.45, 2.75) is 84.2 Å². The minimum Gasteiger partial charge on any atom is -0.343 e. The first-order valence-electron chi connectivity index (χ1n) is 13.5. The number of carbonyl (C=O) groups is 1. The molecule has 0 radical (unpaired) electrons. The number of piperidine rings is 1. The Morgan fingerprint density at radius 1 is 1.12 bits per heavy atom. The highest BCUT2D eigenvalue weighted by molar-refractivity contribution is 5.89. The molecule has 1 amide bonds. The predicted molar refractivity (Wildman–Crippen MR) is 144 cm³/mol. The van der Waals surface area contributed by atoms with Gasteiger partial charge in [0.25, 0.3) is 0 Å². The maximum atomic E-state index is 13.6. The second-order valence-corrected chi connectivity index (χ2v) is 9.94. The number of nitrogens with zero attached hydrogens (tertiary/aromatic N) is 2. The number of allylic oxidation sites excluding steroid dienone is 5. The number of benzene rings is 1. The Hall–Kier alpha value is -2.55. The van der Waals surface area contributed by atoms with Crippen LogP contribution in [0.15, 0.2) is 66.9 Å². The van der Waals surface area contributed by atoms with E-state index in [1.165, 1.54) is 60.6 Å². The summed E-state index contributed by atoms with van der Waals surface area (Å²) in [4.78, 5) is 15.9. The molecule has 3 fully saturated rings. The Labute approximate surface area is 206 Å². The van der Waals surface area contributed by atoms with E-state index < -0.39 is 0 Å². The van der Waals surface area contributed by atoms with Gasteiger partial charge < -0.3 is 9.47 Å². The number of rotatable bonds is 6. The highest BCUT2D eigenvalue weighted by Gasteiger charge is 2.49. The van der Waals surface area contributed by atoms with Crippen LogP contribution < -0.4 is 0 Å². The van der Waals surface area contributed by atoms with Crippen LogP contribution in [0.3, 0.4) is 0 Å². The van der Waals surface area contributed by atoms with Crippen molar-refractivity contribution < 1.29 is 4.79 Å². The van der Waals surface area contributed by atoms with Crippen molar-refractivity contribution in [3.63, 3.8) is 0 Å². The van der Waals surface area contributed by atoms with Crippen LogP contribution in [-0.2, 0) is 11.3 Å². The molecule has 1 aromatic heterocycles. The monoisotopic (exact) mass is 458 g/mol. The zero-order chi connectivity index (χ0) is 24.1. The summed E-state index contributed by atoms with van der Waals surface area (Å²) in [5.41, 5.74) is 3.79. The third-order valence-corrected chi connectivity index (χ3v) is 7.97. The number of amides is 1. The van der Waals surface area contributed by atoms with E-state index in [4.69, 9.17) is 0 Å². The summed E-state index contributed by atoms with van der Waals surface area (Å²) in [6, 6.07) is 9.17. The van der Waals surface area contributed by atoms with E-state index in [0.717, 1.165) is 25.4 Å². The Balaban J connectivity index is 0.00000133. The molecule has 2 aliphatic carbocycles. The molecule has 1 aromatic carbocycles. The molecule has 1 saturated heterocycles. The van der Waals surface area contributed by atoms with Crippen LogP contribution in [0.5, 0.6) is 0 Å². The van der Waals surface area contributed by atoms with Gasteiger partial charge in [-0.25, -0.2) is 0 Å². The highest BCUT2D eigenvalue weighted by atomic mass is 16.2. The standard InChI is InChI=1S/C29H36N2O.C2H6/c1-3-5-11-21(4-2)19-30-20-26(23-14-7-9-16-28(23)30)24-18-25(24)29(32)31-17-10-13-22-12-6-8-15-27(22)31;1-2/h3-5,7,9,11,14,16,20,22,24-25,27H,2,6,8,10,12-13,15,17-19H2,1H3;1-2H3/b5-3-,21-11+;. The molecule has 0 N–H and O–H groups in total. The lowest BCUT2D eigenvalue weighted by molar-refractivity contribution is -0.139. The van der Waals surface area contributed by atoms with Crippen LogP contribution in [0.4, 0.5) is 0 Å². The average molecular weight is 459 g/mol. The van der Waals surface area contributed by atoms with E-state index >= 15 is 0 Å². The van der Waals surface area contributed by atoms with E-state index in [1.54, 1.807) is 0 Å². The first kappa shape index (κ1) is 24.6. The summed E-state index contributed by atoms with van der Waals surface area (Å²) >= 11 is 0. The molecule has 2 aromatic rings. The molecule has 1 aliphatic heterocycles. The third kappa shape index (κ3) is 4.94. The van der Waals surface area contributed by atoms with Gasteiger partial charge in [0, 0.05) is 42.1 Å². The van der Waals surface area contributed by atoms with Crippen LogP contribution in [0.25, 0.3) is 10.9 Å². The van der Waals surface area contributed by atoms with Crippen LogP contribution in [0, 0.1) is 11.8 Å². The largest absolute Gasteiger partial charge is 0.343 e. The van der Waals surface area contributed by atoms with Crippen molar-refractivity contribution in [1.82, 2.24) is 9.47 Å². The molecule has 4 unspecified atom stereocenters. The summed E-state index contributed by atoms with van der Waals surface area (Å²) in [7, 11) is 0. The average Bonchev–Trinajstić information content (AvgIpc) is 3.62. The van der Waals surface area contributed by atoms with Crippen molar-refractivity contribution in [1.29, 1.82) is 0 Å². The van der Waals surface area contributed by atoms with Crippen molar-refractivity contribution in [2.24, 2.45) is 11.8 Å². The molecular weight excluding hydrogens is 416 g/mol. The predicted octanol–water partition coefficient (Wildman–Crippen LogP) is 7.64. The lowest BCUT2D eigenvalue weighted by Gasteiger charge is -2.44. The van der Waals surface area contributed by atoms with E-state index in [-0.39, 0.29) is 5.92 Å². The lowest BCUT2D eigenvalue weighted by Crippen LogP contribution is -2.50. The van der Waals surface area contributed by atoms with Gasteiger partial charge in [-0.1, -0.05) is 75.8 Å². The minimum absolute atomic E-state index is 0.173. The number of para-hydroxylation sites is 1. The maximum absolute atomic E-state index is 13.6. The fourth-order valence-electron chi connectivity index (χ4n) is 6.23. The van der Waals surface area contributed by atoms with Crippen LogP contribution in [0.2, 0.25) is 0 Å². The normalized spacial score (nSPS) is 26.7. The molecular formula is C31H42N2O. The number of carbonyl (C=O) groups excluding carboxylic acids is 1. The van der Waals surface area contributed by atoms with Crippen molar-refractivity contribution in [2.75, 3.05) is 6.54 Å². The second-order valence-electron chi connectivity index (χ2n) is 9.94. The van der Waals surface area contributed by atoms with Gasteiger partial charge in [0.1, 0.15) is 0 Å². The molecule has 3 heteroatoms. The van der Waals surface area contributed by atoms with Crippen molar-refractivity contribution >= 4 is 16.8 Å². The minimum atomic E-state index is 0.173. The van der Waals surface area contributed by atoms with Gasteiger partial charge in [0.15, 0.2) is 0 Å². The molecule has 0 bridgehead atoms. The van der Waals surface area contributed by atoms with E-state index in [2.05, 4.69) is 58.7 Å². The van der Waals surface area contributed by atoms with Gasteiger partial charge in [-0.2, -0.15) is 0 Å². The van der Waals surface area contributed by atoms with Crippen molar-refractivity contribution in [3.8, 4) is 0 Å². The molecule has 3 nitrogen and oxygen atoms in total. The molecule has 4 atom stereocenters. The molecule has 3 aliphatic rings. The number of fused-ring (bicyclic) bond motifs is 2. The number of aromatic nitrogens is 1. The van der Waals surface area contributed by atoms with Crippen LogP contribution in [-0.4, -0.2) is 28.0 Å². The van der Waals surface area contributed by atoms with Crippen LogP contribution in [0.1, 0.15) is 77.2 Å². The van der Waals surface area contributed by atoms with Gasteiger partial charge in [-0.3, -0.25) is 4.79 Å². The van der Waals surface area contributed by atoms with Gasteiger partial charge in [0.2, 0.25) is 5.91 Å². The van der Waals surface area contributed by atoms with Gasteiger partial charge in [-0.05, 0) is 68.1 Å². The number of likely N-dealkylation sites (tertiary alicyclic amines) is 1. The van der Waals surface area contributed by atoms with E-state index in [9.17, 15) is 4.79 Å². The van der Waals surface area contributed by atoms with E-state index in [0.29, 0.717) is 17.9 Å². The fraction of sp³-hybridized carbons (Fsp3) is 0.516. The number of hydrogen-bond acceptors (Lipinski definition) is 1. The summed E-state index contributed by atoms with van der Waals surface area (Å²) < 4.78 is 2.33. The van der Waals surface area contributed by atoms with Gasteiger partial charge >= 0.3 is 0 Å². The Morgan fingerprint density at radius 2 is 1.88 bits per heavy atom. The molecule has 0 spiro atoms. The summed E-state index contributed by atoms with van der Waals surface area (Å²) in [5.74, 6) is 1.72. The zero-order valence-electron chi connectivity index (χ0n) is 21.4. The third-order valence-electron chi connectivity index (χ3n) is 7.97. The lowest BCUT2D eigenvalue weighted by atomic mass is 9.78. The smallest absolute Gasteiger partial charge is 0.226 e. The molecule has 34 heavy (non-hydrogen) atoms. The molecule has 182 valence electrons. The summed E-state index contributed by atoms with van der Waals surface area (Å²) in [6.45, 7) is 11.8. The summed E-state index contributed by atoms with van der Waals surface area (Å²) in [6.07, 6.45) is 19.2. The summed E-state index contributed by atoms with van der Waals surface area (Å²) in [5, 5.41) is 1.30. The first-order valence-corrected chi connectivity index (χ1v) is 13.5. The van der Waals surface area contributed by atoms with Crippen molar-refractivity contribution in [3.05, 3.63) is 72.5 Å². The Morgan fingerprint density at radius 3 is 2.68 bits per heavy atom. The highest BCUT2D eigenvalue weighted by Crippen LogP contribution is 2.52. The van der Waals surface area contributed by atoms with Gasteiger partial charge in [0.05, 0.1) is 0 Å². The molecule has 5 rings (SSSR count). The van der Waals surface area contributed by atoms with E-state index in [1.807, 2.05) is 32.9 Å². The first-order chi connectivity index (χ1) is 16.7. The SMILES string of the molecule is C=C/C(=C\C=C/C)Cn1cc(C2CC2C(=O)N2CCCC3CCCCC32)c2ccccc21.CC. The number of hydrogen-bond donors (Lipinski definition) is 0.